The normalized spacial score (nSPS) is 12.3. The summed E-state index contributed by atoms with van der Waals surface area (Å²) in [6, 6.07) is 8.96. The predicted molar refractivity (Wildman–Crippen MR) is 83.5 cm³/mol. The van der Waals surface area contributed by atoms with Gasteiger partial charge < -0.3 is 9.30 Å². The van der Waals surface area contributed by atoms with Crippen molar-refractivity contribution in [1.82, 2.24) is 4.57 Å². The number of halogens is 3. The second-order valence-electron chi connectivity index (χ2n) is 4.99. The zero-order chi connectivity index (χ0) is 16.6. The number of rotatable bonds is 3. The van der Waals surface area contributed by atoms with Gasteiger partial charge in [-0.15, -0.1) is 0 Å². The average molecular weight is 336 g/mol. The number of methoxy groups -OCH3 is 1. The Kier molecular flexibility index (Phi) is 4.05. The first-order chi connectivity index (χ1) is 11.0. The molecule has 0 aliphatic carbocycles. The number of carbonyl (C=O) groups excluding carboxylic acids is 1. The van der Waals surface area contributed by atoms with Crippen LogP contribution in [0.1, 0.15) is 11.6 Å². The van der Waals surface area contributed by atoms with Crippen LogP contribution in [0.4, 0.5) is 8.78 Å². The van der Waals surface area contributed by atoms with Crippen molar-refractivity contribution in [2.75, 3.05) is 7.11 Å². The Morgan fingerprint density at radius 2 is 2.00 bits per heavy atom. The molecule has 1 aromatic heterocycles. The molecule has 1 unspecified atom stereocenters. The van der Waals surface area contributed by atoms with E-state index in [0.717, 1.165) is 6.07 Å². The monoisotopic (exact) mass is 335 g/mol. The van der Waals surface area contributed by atoms with Gasteiger partial charge in [-0.3, -0.25) is 0 Å². The molecule has 1 atom stereocenters. The minimum absolute atomic E-state index is 0.0960. The molecule has 0 amide bonds. The molecule has 0 fully saturated rings. The van der Waals surface area contributed by atoms with Gasteiger partial charge in [0.1, 0.15) is 11.6 Å². The first kappa shape index (κ1) is 15.5. The van der Waals surface area contributed by atoms with Gasteiger partial charge in [0.15, 0.2) is 6.04 Å². The molecule has 3 aromatic rings. The second-order valence-corrected chi connectivity index (χ2v) is 5.39. The maximum Gasteiger partial charge on any atom is 0.333 e. The van der Waals surface area contributed by atoms with E-state index in [1.807, 2.05) is 0 Å². The standard InChI is InChI=1S/C17H12ClF2NO2/c1-23-17(22)16(11-6-5-10(19)9-13(11)18)21-8-7-12-14(20)3-2-4-15(12)21/h2-9,16H,1H3. The lowest BCUT2D eigenvalue weighted by molar-refractivity contribution is -0.143. The van der Waals surface area contributed by atoms with E-state index in [-0.39, 0.29) is 5.02 Å². The molecule has 0 saturated heterocycles. The molecule has 0 spiro atoms. The van der Waals surface area contributed by atoms with Gasteiger partial charge in [-0.25, -0.2) is 13.6 Å². The van der Waals surface area contributed by atoms with Gasteiger partial charge >= 0.3 is 5.97 Å². The summed E-state index contributed by atoms with van der Waals surface area (Å²) < 4.78 is 33.6. The van der Waals surface area contributed by atoms with E-state index in [4.69, 9.17) is 16.3 Å². The molecule has 6 heteroatoms. The Labute approximate surface area is 136 Å². The van der Waals surface area contributed by atoms with Crippen molar-refractivity contribution in [2.24, 2.45) is 0 Å². The summed E-state index contributed by atoms with van der Waals surface area (Å²) in [4.78, 5) is 12.3. The van der Waals surface area contributed by atoms with E-state index in [0.29, 0.717) is 16.5 Å². The van der Waals surface area contributed by atoms with Gasteiger partial charge in [0.2, 0.25) is 0 Å². The molecule has 0 bridgehead atoms. The fourth-order valence-electron chi connectivity index (χ4n) is 2.60. The van der Waals surface area contributed by atoms with E-state index in [9.17, 15) is 13.6 Å². The fraction of sp³-hybridized carbons (Fsp3) is 0.118. The molecular formula is C17H12ClF2NO2. The number of nitrogens with zero attached hydrogens (tertiary/aromatic N) is 1. The van der Waals surface area contributed by atoms with Crippen LogP contribution in [0.3, 0.4) is 0 Å². The molecule has 118 valence electrons. The Balaban J connectivity index is 2.23. The number of esters is 1. The number of fused-ring (bicyclic) bond motifs is 1. The molecule has 3 rings (SSSR count). The van der Waals surface area contributed by atoms with Crippen LogP contribution in [-0.2, 0) is 9.53 Å². The number of benzene rings is 2. The number of hydrogen-bond acceptors (Lipinski definition) is 2. The highest BCUT2D eigenvalue weighted by Crippen LogP contribution is 2.31. The maximum atomic E-state index is 13.9. The highest BCUT2D eigenvalue weighted by Gasteiger charge is 2.27. The SMILES string of the molecule is COC(=O)C(c1ccc(F)cc1Cl)n1ccc2c(F)cccc21. The van der Waals surface area contributed by atoms with E-state index in [2.05, 4.69) is 0 Å². The van der Waals surface area contributed by atoms with Crippen LogP contribution < -0.4 is 0 Å². The predicted octanol–water partition coefficient (Wildman–Crippen LogP) is 4.34. The largest absolute Gasteiger partial charge is 0.467 e. The number of aromatic nitrogens is 1. The summed E-state index contributed by atoms with van der Waals surface area (Å²) in [7, 11) is 1.25. The van der Waals surface area contributed by atoms with E-state index >= 15 is 0 Å². The van der Waals surface area contributed by atoms with Crippen LogP contribution in [0, 0.1) is 11.6 Å². The van der Waals surface area contributed by atoms with Crippen LogP contribution in [0.5, 0.6) is 0 Å². The first-order valence-corrected chi connectivity index (χ1v) is 7.18. The summed E-state index contributed by atoms with van der Waals surface area (Å²) in [5, 5.41) is 0.471. The van der Waals surface area contributed by atoms with Gasteiger partial charge in [-0.1, -0.05) is 23.7 Å². The van der Waals surface area contributed by atoms with Gasteiger partial charge in [0.05, 0.1) is 12.6 Å². The first-order valence-electron chi connectivity index (χ1n) is 6.80. The summed E-state index contributed by atoms with van der Waals surface area (Å²) in [5.74, 6) is -1.49. The van der Waals surface area contributed by atoms with Crippen LogP contribution in [0.25, 0.3) is 10.9 Å². The van der Waals surface area contributed by atoms with Crippen LogP contribution in [-0.4, -0.2) is 17.6 Å². The Bertz CT molecular complexity index is 891. The third-order valence-electron chi connectivity index (χ3n) is 3.67. The number of hydrogen-bond donors (Lipinski definition) is 0. The maximum absolute atomic E-state index is 13.9. The average Bonchev–Trinajstić information content (AvgIpc) is 2.95. The highest BCUT2D eigenvalue weighted by atomic mass is 35.5. The molecule has 0 saturated carbocycles. The molecule has 23 heavy (non-hydrogen) atoms. The third kappa shape index (κ3) is 2.68. The lowest BCUT2D eigenvalue weighted by atomic mass is 10.1. The summed E-state index contributed by atoms with van der Waals surface area (Å²) >= 11 is 6.09. The topological polar surface area (TPSA) is 31.2 Å². The molecule has 1 heterocycles. The van der Waals surface area contributed by atoms with E-state index in [1.165, 1.54) is 25.3 Å². The van der Waals surface area contributed by atoms with Gasteiger partial charge in [0.25, 0.3) is 0 Å². The zero-order valence-electron chi connectivity index (χ0n) is 12.1. The minimum atomic E-state index is -0.938. The van der Waals surface area contributed by atoms with Crippen molar-refractivity contribution in [1.29, 1.82) is 0 Å². The molecule has 3 nitrogen and oxygen atoms in total. The minimum Gasteiger partial charge on any atom is -0.467 e. The van der Waals surface area contributed by atoms with Crippen LogP contribution in [0.2, 0.25) is 5.02 Å². The zero-order valence-corrected chi connectivity index (χ0v) is 12.8. The van der Waals surface area contributed by atoms with Crippen LogP contribution >= 0.6 is 11.6 Å². The molecule has 0 N–H and O–H groups in total. The second kappa shape index (κ2) is 6.01. The molecule has 0 aliphatic heterocycles. The molecule has 0 radical (unpaired) electrons. The summed E-state index contributed by atoms with van der Waals surface area (Å²) in [6.45, 7) is 0. The molecule has 2 aromatic carbocycles. The molecular weight excluding hydrogens is 324 g/mol. The van der Waals surface area contributed by atoms with Gasteiger partial charge in [-0.2, -0.15) is 0 Å². The Morgan fingerprint density at radius 3 is 2.70 bits per heavy atom. The fourth-order valence-corrected chi connectivity index (χ4v) is 2.87. The van der Waals surface area contributed by atoms with Crippen molar-refractivity contribution >= 4 is 28.5 Å². The third-order valence-corrected chi connectivity index (χ3v) is 4.00. The van der Waals surface area contributed by atoms with E-state index < -0.39 is 23.6 Å². The van der Waals surface area contributed by atoms with Crippen LogP contribution in [0.15, 0.2) is 48.7 Å². The smallest absolute Gasteiger partial charge is 0.333 e. The lowest BCUT2D eigenvalue weighted by Crippen LogP contribution is -2.22. The highest BCUT2D eigenvalue weighted by molar-refractivity contribution is 6.31. The van der Waals surface area contributed by atoms with Crippen molar-refractivity contribution < 1.29 is 18.3 Å². The Morgan fingerprint density at radius 1 is 1.22 bits per heavy atom. The summed E-state index contributed by atoms with van der Waals surface area (Å²) in [6.07, 6.45) is 1.58. The lowest BCUT2D eigenvalue weighted by Gasteiger charge is -2.19. The quantitative estimate of drug-likeness (QED) is 0.667. The van der Waals surface area contributed by atoms with Crippen molar-refractivity contribution in [3.8, 4) is 0 Å². The Hall–Kier alpha value is -2.40. The van der Waals surface area contributed by atoms with Gasteiger partial charge in [-0.05, 0) is 30.3 Å². The number of carbonyl (C=O) groups is 1. The van der Waals surface area contributed by atoms with Gasteiger partial charge in [0, 0.05) is 22.2 Å². The van der Waals surface area contributed by atoms with Crippen molar-refractivity contribution in [3.63, 3.8) is 0 Å². The van der Waals surface area contributed by atoms with Crippen molar-refractivity contribution in [3.05, 3.63) is 70.9 Å². The molecule has 0 aliphatic rings. The van der Waals surface area contributed by atoms with Crippen molar-refractivity contribution in [2.45, 2.75) is 6.04 Å². The number of ether oxygens (including phenoxy) is 1. The van der Waals surface area contributed by atoms with E-state index in [1.54, 1.807) is 29.0 Å². The summed E-state index contributed by atoms with van der Waals surface area (Å²) in [5.41, 5.74) is 0.891.